The molecule has 1 unspecified atom stereocenters. The number of rotatable bonds is 4. The maximum absolute atomic E-state index is 12.0. The fraction of sp³-hybridized carbons (Fsp3) is 0.846. The second-order valence-corrected chi connectivity index (χ2v) is 6.01. The zero-order chi connectivity index (χ0) is 13.8. The standard InChI is InChI=1S/C13H25N3O2/c1-13(2,3)15-7-6-11(17)16-8-4-5-10(9-16)12(14)18/h10,15H,4-9H2,1-3H3,(H2,14,18). The molecule has 0 aliphatic carbocycles. The molecule has 0 aromatic rings. The Bertz CT molecular complexity index is 310. The summed E-state index contributed by atoms with van der Waals surface area (Å²) < 4.78 is 0. The molecule has 104 valence electrons. The third kappa shape index (κ3) is 5.04. The van der Waals surface area contributed by atoms with Crippen molar-refractivity contribution in [1.29, 1.82) is 0 Å². The molecule has 0 aromatic carbocycles. The number of hydrogen-bond donors (Lipinski definition) is 2. The summed E-state index contributed by atoms with van der Waals surface area (Å²) in [5, 5.41) is 3.29. The number of nitrogens with two attached hydrogens (primary N) is 1. The van der Waals surface area contributed by atoms with Crippen molar-refractivity contribution in [3.63, 3.8) is 0 Å². The summed E-state index contributed by atoms with van der Waals surface area (Å²) >= 11 is 0. The van der Waals surface area contributed by atoms with Gasteiger partial charge in [0, 0.05) is 31.6 Å². The lowest BCUT2D eigenvalue weighted by Crippen LogP contribution is -2.45. The van der Waals surface area contributed by atoms with Crippen molar-refractivity contribution < 1.29 is 9.59 Å². The minimum atomic E-state index is -0.291. The van der Waals surface area contributed by atoms with Gasteiger partial charge in [-0.05, 0) is 33.6 Å². The van der Waals surface area contributed by atoms with Crippen molar-refractivity contribution in [2.75, 3.05) is 19.6 Å². The van der Waals surface area contributed by atoms with Crippen LogP contribution in [-0.4, -0.2) is 41.9 Å². The van der Waals surface area contributed by atoms with Gasteiger partial charge in [0.1, 0.15) is 0 Å². The minimum Gasteiger partial charge on any atom is -0.369 e. The van der Waals surface area contributed by atoms with E-state index in [2.05, 4.69) is 26.1 Å². The molecule has 0 spiro atoms. The number of piperidine rings is 1. The average Bonchev–Trinajstić information content (AvgIpc) is 2.27. The highest BCUT2D eigenvalue weighted by atomic mass is 16.2. The van der Waals surface area contributed by atoms with Crippen LogP contribution in [0.4, 0.5) is 0 Å². The van der Waals surface area contributed by atoms with E-state index in [1.807, 2.05) is 0 Å². The number of likely N-dealkylation sites (tertiary alicyclic amines) is 1. The lowest BCUT2D eigenvalue weighted by Gasteiger charge is -2.31. The molecule has 1 saturated heterocycles. The Balaban J connectivity index is 2.35. The van der Waals surface area contributed by atoms with Gasteiger partial charge in [0.25, 0.3) is 0 Å². The van der Waals surface area contributed by atoms with Crippen LogP contribution in [-0.2, 0) is 9.59 Å². The van der Waals surface area contributed by atoms with Crippen LogP contribution in [0.2, 0.25) is 0 Å². The summed E-state index contributed by atoms with van der Waals surface area (Å²) in [5.41, 5.74) is 5.32. The highest BCUT2D eigenvalue weighted by Crippen LogP contribution is 2.16. The molecule has 0 saturated carbocycles. The topological polar surface area (TPSA) is 75.4 Å². The Labute approximate surface area is 109 Å². The van der Waals surface area contributed by atoms with Gasteiger partial charge in [-0.15, -0.1) is 0 Å². The highest BCUT2D eigenvalue weighted by Gasteiger charge is 2.26. The first-order valence-corrected chi connectivity index (χ1v) is 6.62. The summed E-state index contributed by atoms with van der Waals surface area (Å²) in [5.74, 6) is -0.351. The summed E-state index contributed by atoms with van der Waals surface area (Å²) in [6, 6.07) is 0. The second-order valence-electron chi connectivity index (χ2n) is 6.01. The van der Waals surface area contributed by atoms with Crippen molar-refractivity contribution in [1.82, 2.24) is 10.2 Å². The van der Waals surface area contributed by atoms with E-state index in [0.29, 0.717) is 19.5 Å². The Morgan fingerprint density at radius 1 is 1.39 bits per heavy atom. The fourth-order valence-electron chi connectivity index (χ4n) is 2.14. The Hall–Kier alpha value is -1.10. The van der Waals surface area contributed by atoms with Crippen LogP contribution in [0.5, 0.6) is 0 Å². The lowest BCUT2D eigenvalue weighted by molar-refractivity contribution is -0.134. The summed E-state index contributed by atoms with van der Waals surface area (Å²) in [4.78, 5) is 24.9. The van der Waals surface area contributed by atoms with Crippen molar-refractivity contribution in [2.24, 2.45) is 11.7 Å². The maximum Gasteiger partial charge on any atom is 0.223 e. The van der Waals surface area contributed by atoms with Gasteiger partial charge in [-0.2, -0.15) is 0 Å². The average molecular weight is 255 g/mol. The molecule has 1 heterocycles. The largest absolute Gasteiger partial charge is 0.369 e. The van der Waals surface area contributed by atoms with E-state index in [1.54, 1.807) is 4.90 Å². The van der Waals surface area contributed by atoms with Gasteiger partial charge in [-0.3, -0.25) is 9.59 Å². The number of carbonyl (C=O) groups excluding carboxylic acids is 2. The first-order chi connectivity index (χ1) is 8.29. The summed E-state index contributed by atoms with van der Waals surface area (Å²) in [7, 11) is 0. The van der Waals surface area contributed by atoms with Gasteiger partial charge in [0.2, 0.25) is 11.8 Å². The summed E-state index contributed by atoms with van der Waals surface area (Å²) in [6.45, 7) is 8.12. The molecule has 1 aliphatic heterocycles. The second kappa shape index (κ2) is 6.18. The van der Waals surface area contributed by atoms with Crippen molar-refractivity contribution in [3.8, 4) is 0 Å². The van der Waals surface area contributed by atoms with Gasteiger partial charge in [-0.25, -0.2) is 0 Å². The summed E-state index contributed by atoms with van der Waals surface area (Å²) in [6.07, 6.45) is 2.15. The van der Waals surface area contributed by atoms with E-state index in [1.165, 1.54) is 0 Å². The molecular weight excluding hydrogens is 230 g/mol. The van der Waals surface area contributed by atoms with Crippen LogP contribution >= 0.6 is 0 Å². The Kier molecular flexibility index (Phi) is 5.14. The van der Waals surface area contributed by atoms with Crippen molar-refractivity contribution in [3.05, 3.63) is 0 Å². The van der Waals surface area contributed by atoms with Crippen molar-refractivity contribution >= 4 is 11.8 Å². The third-order valence-corrected chi connectivity index (χ3v) is 3.17. The molecule has 1 rings (SSSR count). The predicted octanol–water partition coefficient (Wildman–Crippen LogP) is 0.489. The zero-order valence-corrected chi connectivity index (χ0v) is 11.7. The van der Waals surface area contributed by atoms with E-state index < -0.39 is 0 Å². The van der Waals surface area contributed by atoms with Gasteiger partial charge in [-0.1, -0.05) is 0 Å². The van der Waals surface area contributed by atoms with Gasteiger partial charge in [0.05, 0.1) is 5.92 Å². The molecule has 3 N–H and O–H groups in total. The number of primary amides is 1. The number of nitrogens with zero attached hydrogens (tertiary/aromatic N) is 1. The van der Waals surface area contributed by atoms with Crippen LogP contribution in [0.3, 0.4) is 0 Å². The number of carbonyl (C=O) groups is 2. The molecule has 1 atom stereocenters. The molecule has 1 aliphatic rings. The van der Waals surface area contributed by atoms with Crippen molar-refractivity contribution in [2.45, 2.75) is 45.6 Å². The maximum atomic E-state index is 12.0. The molecule has 5 nitrogen and oxygen atoms in total. The molecule has 2 amide bonds. The Morgan fingerprint density at radius 3 is 2.61 bits per heavy atom. The zero-order valence-electron chi connectivity index (χ0n) is 11.7. The monoisotopic (exact) mass is 255 g/mol. The van der Waals surface area contributed by atoms with Crippen LogP contribution in [0.15, 0.2) is 0 Å². The molecule has 5 heteroatoms. The number of hydrogen-bond acceptors (Lipinski definition) is 3. The van der Waals surface area contributed by atoms with E-state index in [-0.39, 0.29) is 23.3 Å². The smallest absolute Gasteiger partial charge is 0.223 e. The van der Waals surface area contributed by atoms with E-state index in [4.69, 9.17) is 5.73 Å². The first-order valence-electron chi connectivity index (χ1n) is 6.62. The van der Waals surface area contributed by atoms with Gasteiger partial charge < -0.3 is 16.0 Å². The van der Waals surface area contributed by atoms with Crippen LogP contribution in [0.25, 0.3) is 0 Å². The van der Waals surface area contributed by atoms with E-state index >= 15 is 0 Å². The van der Waals surface area contributed by atoms with Gasteiger partial charge >= 0.3 is 0 Å². The minimum absolute atomic E-state index is 0.0257. The molecule has 0 aromatic heterocycles. The number of nitrogens with one attached hydrogen (secondary N) is 1. The SMILES string of the molecule is CC(C)(C)NCCC(=O)N1CCCC(C(N)=O)C1. The molecule has 18 heavy (non-hydrogen) atoms. The fourth-order valence-corrected chi connectivity index (χ4v) is 2.14. The third-order valence-electron chi connectivity index (χ3n) is 3.17. The predicted molar refractivity (Wildman–Crippen MR) is 70.9 cm³/mol. The quantitative estimate of drug-likeness (QED) is 0.767. The molecule has 1 fully saturated rings. The normalized spacial score (nSPS) is 20.8. The molecule has 0 bridgehead atoms. The van der Waals surface area contributed by atoms with Crippen LogP contribution in [0.1, 0.15) is 40.0 Å². The van der Waals surface area contributed by atoms with Crippen LogP contribution in [0, 0.1) is 5.92 Å². The van der Waals surface area contributed by atoms with Gasteiger partial charge in [0.15, 0.2) is 0 Å². The Morgan fingerprint density at radius 2 is 2.06 bits per heavy atom. The first kappa shape index (κ1) is 15.0. The molecule has 0 radical (unpaired) electrons. The molecular formula is C13H25N3O2. The van der Waals surface area contributed by atoms with Crippen LogP contribution < -0.4 is 11.1 Å². The highest BCUT2D eigenvalue weighted by molar-refractivity contribution is 5.80. The number of amides is 2. The van der Waals surface area contributed by atoms with E-state index in [0.717, 1.165) is 19.4 Å². The lowest BCUT2D eigenvalue weighted by atomic mass is 9.97. The van der Waals surface area contributed by atoms with E-state index in [9.17, 15) is 9.59 Å².